The predicted molar refractivity (Wildman–Crippen MR) is 70.1 cm³/mol. The summed E-state index contributed by atoms with van der Waals surface area (Å²) in [6.07, 6.45) is 4.77. The summed E-state index contributed by atoms with van der Waals surface area (Å²) in [4.78, 5) is 4.35. The second-order valence-corrected chi connectivity index (χ2v) is 4.16. The molecule has 1 aromatic heterocycles. The van der Waals surface area contributed by atoms with Gasteiger partial charge in [0.1, 0.15) is 0 Å². The highest BCUT2D eigenvalue weighted by atomic mass is 15.0. The molecule has 2 aromatic rings. The molecule has 1 N–H and O–H groups in total. The first-order chi connectivity index (χ1) is 8.83. The predicted octanol–water partition coefficient (Wildman–Crippen LogP) is 1.56. The van der Waals surface area contributed by atoms with E-state index in [2.05, 4.69) is 16.4 Å². The zero-order valence-corrected chi connectivity index (χ0v) is 10.4. The fourth-order valence-corrected chi connectivity index (χ4v) is 1.84. The lowest BCUT2D eigenvalue weighted by molar-refractivity contribution is 0.773. The SMILES string of the molecule is CNCCc1cn(Cc2ccccc2C#N)cn1. The van der Waals surface area contributed by atoms with Crippen molar-refractivity contribution in [1.29, 1.82) is 5.26 Å². The fraction of sp³-hybridized carbons (Fsp3) is 0.286. The van der Waals surface area contributed by atoms with Crippen molar-refractivity contribution in [3.8, 4) is 6.07 Å². The summed E-state index contributed by atoms with van der Waals surface area (Å²) in [5.74, 6) is 0. The van der Waals surface area contributed by atoms with Crippen LogP contribution in [-0.2, 0) is 13.0 Å². The van der Waals surface area contributed by atoms with Gasteiger partial charge in [-0.2, -0.15) is 5.26 Å². The number of likely N-dealkylation sites (N-methyl/N-ethyl adjacent to an activating group) is 1. The number of benzene rings is 1. The van der Waals surface area contributed by atoms with Crippen LogP contribution in [0, 0.1) is 11.3 Å². The Bertz CT molecular complexity index is 551. The van der Waals surface area contributed by atoms with Crippen molar-refractivity contribution in [3.05, 3.63) is 53.6 Å². The molecule has 1 heterocycles. The molecule has 92 valence electrons. The third-order valence-electron chi connectivity index (χ3n) is 2.81. The van der Waals surface area contributed by atoms with Gasteiger partial charge >= 0.3 is 0 Å². The van der Waals surface area contributed by atoms with E-state index in [1.165, 1.54) is 0 Å². The van der Waals surface area contributed by atoms with Crippen molar-refractivity contribution >= 4 is 0 Å². The summed E-state index contributed by atoms with van der Waals surface area (Å²) in [5, 5.41) is 12.1. The molecule has 0 radical (unpaired) electrons. The molecule has 0 atom stereocenters. The van der Waals surface area contributed by atoms with Gasteiger partial charge < -0.3 is 9.88 Å². The number of nitrogens with zero attached hydrogens (tertiary/aromatic N) is 3. The molecular weight excluding hydrogens is 224 g/mol. The molecule has 0 aliphatic heterocycles. The quantitative estimate of drug-likeness (QED) is 0.863. The molecule has 0 unspecified atom stereocenters. The van der Waals surface area contributed by atoms with Crippen molar-refractivity contribution < 1.29 is 0 Å². The maximum atomic E-state index is 9.03. The molecule has 2 rings (SSSR count). The van der Waals surface area contributed by atoms with Gasteiger partial charge in [0.15, 0.2) is 0 Å². The minimum absolute atomic E-state index is 0.691. The topological polar surface area (TPSA) is 53.6 Å². The van der Waals surface area contributed by atoms with E-state index in [4.69, 9.17) is 5.26 Å². The van der Waals surface area contributed by atoms with Gasteiger partial charge in [-0.05, 0) is 18.7 Å². The van der Waals surface area contributed by atoms with E-state index in [0.717, 1.165) is 29.8 Å². The Balaban J connectivity index is 2.09. The molecular formula is C14H16N4. The largest absolute Gasteiger partial charge is 0.333 e. The lowest BCUT2D eigenvalue weighted by atomic mass is 10.1. The highest BCUT2D eigenvalue weighted by molar-refractivity contribution is 5.37. The van der Waals surface area contributed by atoms with Crippen LogP contribution in [0.15, 0.2) is 36.8 Å². The van der Waals surface area contributed by atoms with Crippen molar-refractivity contribution in [3.63, 3.8) is 0 Å². The standard InChI is InChI=1S/C14H16N4/c1-16-7-6-14-10-18(11-17-14)9-13-5-3-2-4-12(13)8-15/h2-5,10-11,16H,6-7,9H2,1H3. The summed E-state index contributed by atoms with van der Waals surface area (Å²) in [6.45, 7) is 1.61. The van der Waals surface area contributed by atoms with E-state index in [1.807, 2.05) is 48.4 Å². The highest BCUT2D eigenvalue weighted by Crippen LogP contribution is 2.10. The van der Waals surface area contributed by atoms with Crippen LogP contribution in [0.5, 0.6) is 0 Å². The molecule has 4 nitrogen and oxygen atoms in total. The van der Waals surface area contributed by atoms with Crippen LogP contribution in [0.2, 0.25) is 0 Å². The second kappa shape index (κ2) is 5.99. The Kier molecular flexibility index (Phi) is 4.11. The molecule has 0 aliphatic rings. The second-order valence-electron chi connectivity index (χ2n) is 4.16. The lowest BCUT2D eigenvalue weighted by Crippen LogP contribution is -2.10. The average Bonchev–Trinajstić information content (AvgIpc) is 2.84. The van der Waals surface area contributed by atoms with Crippen molar-refractivity contribution in [2.75, 3.05) is 13.6 Å². The highest BCUT2D eigenvalue weighted by Gasteiger charge is 2.03. The smallest absolute Gasteiger partial charge is 0.0995 e. The summed E-state index contributed by atoms with van der Waals surface area (Å²) in [6, 6.07) is 9.87. The van der Waals surface area contributed by atoms with Gasteiger partial charge in [0.2, 0.25) is 0 Å². The molecule has 0 spiro atoms. The molecule has 0 saturated heterocycles. The number of nitriles is 1. The number of nitrogens with one attached hydrogen (secondary N) is 1. The van der Waals surface area contributed by atoms with Gasteiger partial charge in [-0.1, -0.05) is 18.2 Å². The first-order valence-corrected chi connectivity index (χ1v) is 5.96. The van der Waals surface area contributed by atoms with E-state index < -0.39 is 0 Å². The van der Waals surface area contributed by atoms with Gasteiger partial charge in [0, 0.05) is 25.7 Å². The van der Waals surface area contributed by atoms with Crippen molar-refractivity contribution in [2.45, 2.75) is 13.0 Å². The average molecular weight is 240 g/mol. The van der Waals surface area contributed by atoms with Gasteiger partial charge in [-0.3, -0.25) is 0 Å². The van der Waals surface area contributed by atoms with Crippen molar-refractivity contribution in [1.82, 2.24) is 14.9 Å². The Morgan fingerprint density at radius 1 is 1.39 bits per heavy atom. The molecule has 0 fully saturated rings. The first-order valence-electron chi connectivity index (χ1n) is 5.96. The minimum Gasteiger partial charge on any atom is -0.333 e. The van der Waals surface area contributed by atoms with E-state index in [9.17, 15) is 0 Å². The fourth-order valence-electron chi connectivity index (χ4n) is 1.84. The van der Waals surface area contributed by atoms with Crippen LogP contribution in [-0.4, -0.2) is 23.1 Å². The number of imidazole rings is 1. The lowest BCUT2D eigenvalue weighted by Gasteiger charge is -2.04. The van der Waals surface area contributed by atoms with Crippen molar-refractivity contribution in [2.24, 2.45) is 0 Å². The molecule has 0 saturated carbocycles. The number of aromatic nitrogens is 2. The van der Waals surface area contributed by atoms with E-state index >= 15 is 0 Å². The molecule has 4 heteroatoms. The van der Waals surface area contributed by atoms with E-state index in [-0.39, 0.29) is 0 Å². The monoisotopic (exact) mass is 240 g/mol. The summed E-state index contributed by atoms with van der Waals surface area (Å²) in [5.41, 5.74) is 2.82. The Morgan fingerprint density at radius 2 is 2.22 bits per heavy atom. The van der Waals surface area contributed by atoms with E-state index in [0.29, 0.717) is 6.54 Å². The molecule has 1 aromatic carbocycles. The summed E-state index contributed by atoms with van der Waals surface area (Å²) < 4.78 is 2.02. The third-order valence-corrected chi connectivity index (χ3v) is 2.81. The van der Waals surface area contributed by atoms with Crippen LogP contribution >= 0.6 is 0 Å². The number of hydrogen-bond donors (Lipinski definition) is 1. The molecule has 0 amide bonds. The normalized spacial score (nSPS) is 10.2. The number of rotatable bonds is 5. The van der Waals surface area contributed by atoms with Crippen LogP contribution in [0.1, 0.15) is 16.8 Å². The van der Waals surface area contributed by atoms with Gasteiger partial charge in [-0.25, -0.2) is 4.98 Å². The van der Waals surface area contributed by atoms with Crippen LogP contribution in [0.4, 0.5) is 0 Å². The zero-order chi connectivity index (χ0) is 12.8. The Labute approximate surface area is 107 Å². The maximum Gasteiger partial charge on any atom is 0.0995 e. The Morgan fingerprint density at radius 3 is 3.00 bits per heavy atom. The van der Waals surface area contributed by atoms with Gasteiger partial charge in [0.05, 0.1) is 23.7 Å². The number of hydrogen-bond acceptors (Lipinski definition) is 3. The molecule has 0 aliphatic carbocycles. The van der Waals surface area contributed by atoms with Crippen LogP contribution in [0.3, 0.4) is 0 Å². The maximum absolute atomic E-state index is 9.03. The van der Waals surface area contributed by atoms with Crippen LogP contribution < -0.4 is 5.32 Å². The van der Waals surface area contributed by atoms with Gasteiger partial charge in [-0.15, -0.1) is 0 Å². The van der Waals surface area contributed by atoms with Gasteiger partial charge in [0.25, 0.3) is 0 Å². The van der Waals surface area contributed by atoms with Crippen LogP contribution in [0.25, 0.3) is 0 Å². The van der Waals surface area contributed by atoms with E-state index in [1.54, 1.807) is 0 Å². The Hall–Kier alpha value is -2.12. The minimum atomic E-state index is 0.691. The zero-order valence-electron chi connectivity index (χ0n) is 10.4. The molecule has 0 bridgehead atoms. The molecule has 18 heavy (non-hydrogen) atoms. The third kappa shape index (κ3) is 2.96. The summed E-state index contributed by atoms with van der Waals surface area (Å²) in [7, 11) is 1.93. The summed E-state index contributed by atoms with van der Waals surface area (Å²) >= 11 is 0. The first kappa shape index (κ1) is 12.3.